The van der Waals surface area contributed by atoms with Crippen molar-refractivity contribution in [2.45, 2.75) is 77.1 Å². The Balaban J connectivity index is 1.26. The molecule has 5 rings (SSSR count). The molecule has 2 aromatic rings. The van der Waals surface area contributed by atoms with E-state index in [1.54, 1.807) is 11.0 Å². The van der Waals surface area contributed by atoms with Gasteiger partial charge in [-0.15, -0.1) is 0 Å². The number of fused-ring (bicyclic) bond motifs is 1. The second-order valence-corrected chi connectivity index (χ2v) is 12.0. The maximum Gasteiger partial charge on any atom is 0.417 e. The van der Waals surface area contributed by atoms with Crippen molar-refractivity contribution in [1.29, 1.82) is 0 Å². The van der Waals surface area contributed by atoms with Crippen LogP contribution in [-0.4, -0.2) is 59.4 Å². The second kappa shape index (κ2) is 11.3. The van der Waals surface area contributed by atoms with Gasteiger partial charge in [0.25, 0.3) is 0 Å². The van der Waals surface area contributed by atoms with Gasteiger partial charge < -0.3 is 14.5 Å². The molecule has 0 radical (unpaired) electrons. The summed E-state index contributed by atoms with van der Waals surface area (Å²) < 4.78 is 59.3. The Labute approximate surface area is 238 Å². The van der Waals surface area contributed by atoms with Gasteiger partial charge in [-0.25, -0.2) is 9.18 Å². The maximum absolute atomic E-state index is 14.7. The number of piperidine rings is 1. The van der Waals surface area contributed by atoms with E-state index in [0.29, 0.717) is 41.8 Å². The first-order valence-corrected chi connectivity index (χ1v) is 14.4. The number of nitrogens with zero attached hydrogens (tertiary/aromatic N) is 3. The first-order chi connectivity index (χ1) is 19.4. The number of likely N-dealkylation sites (tertiary alicyclic amines) is 1. The molecule has 222 valence electrons. The summed E-state index contributed by atoms with van der Waals surface area (Å²) in [5.74, 6) is -0.707. The third kappa shape index (κ3) is 5.72. The largest absolute Gasteiger partial charge is 0.465 e. The molecule has 2 fully saturated rings. The van der Waals surface area contributed by atoms with Crippen LogP contribution in [0.15, 0.2) is 30.5 Å². The van der Waals surface area contributed by atoms with Crippen molar-refractivity contribution in [3.8, 4) is 0 Å². The molecule has 0 bridgehead atoms. The molecule has 0 N–H and O–H groups in total. The molecule has 3 aliphatic rings. The number of alkyl halides is 3. The molecule has 0 unspecified atom stereocenters. The fraction of sp³-hybridized carbons (Fsp3) is 0.581. The zero-order chi connectivity index (χ0) is 29.5. The molecule has 1 saturated heterocycles. The summed E-state index contributed by atoms with van der Waals surface area (Å²) in [6.45, 7) is 6.25. The molecule has 3 heterocycles. The van der Waals surface area contributed by atoms with Crippen LogP contribution in [0.2, 0.25) is 0 Å². The third-order valence-electron chi connectivity index (χ3n) is 9.61. The van der Waals surface area contributed by atoms with E-state index in [-0.39, 0.29) is 36.1 Å². The smallest absolute Gasteiger partial charge is 0.417 e. The summed E-state index contributed by atoms with van der Waals surface area (Å²) in [5, 5.41) is 0. The lowest BCUT2D eigenvalue weighted by Gasteiger charge is -2.41. The van der Waals surface area contributed by atoms with Gasteiger partial charge >= 0.3 is 12.1 Å². The number of benzene rings is 1. The Bertz CT molecular complexity index is 1310. The molecule has 0 spiro atoms. The van der Waals surface area contributed by atoms with Gasteiger partial charge in [-0.3, -0.25) is 9.78 Å². The summed E-state index contributed by atoms with van der Waals surface area (Å²) in [4.78, 5) is 34.2. The Hall–Kier alpha value is -3.01. The molecule has 1 saturated carbocycles. The summed E-state index contributed by atoms with van der Waals surface area (Å²) in [7, 11) is 1.30. The van der Waals surface area contributed by atoms with Gasteiger partial charge in [0.05, 0.1) is 23.7 Å². The molecule has 1 amide bonds. The molecule has 6 nitrogen and oxygen atoms in total. The quantitative estimate of drug-likeness (QED) is 0.324. The van der Waals surface area contributed by atoms with Gasteiger partial charge in [0.2, 0.25) is 5.91 Å². The van der Waals surface area contributed by atoms with E-state index in [9.17, 15) is 27.2 Å². The predicted octanol–water partition coefficient (Wildman–Crippen LogP) is 5.99. The van der Waals surface area contributed by atoms with Crippen molar-refractivity contribution in [2.24, 2.45) is 11.3 Å². The van der Waals surface area contributed by atoms with Gasteiger partial charge in [-0.05, 0) is 92.4 Å². The molecule has 2 atom stereocenters. The van der Waals surface area contributed by atoms with Crippen LogP contribution in [-0.2, 0) is 28.7 Å². The zero-order valence-corrected chi connectivity index (χ0v) is 23.8. The summed E-state index contributed by atoms with van der Waals surface area (Å²) in [5.41, 5.74) is 0.618. The number of ether oxygens (including phenoxy) is 1. The molecule has 2 aliphatic heterocycles. The van der Waals surface area contributed by atoms with E-state index >= 15 is 0 Å². The Kier molecular flexibility index (Phi) is 8.16. The topological polar surface area (TPSA) is 62.7 Å². The van der Waals surface area contributed by atoms with E-state index in [1.165, 1.54) is 19.2 Å². The van der Waals surface area contributed by atoms with Crippen LogP contribution < -0.4 is 0 Å². The number of aromatic nitrogens is 1. The Morgan fingerprint density at radius 1 is 1.10 bits per heavy atom. The molecule has 1 aromatic heterocycles. The average molecular weight is 576 g/mol. The number of esters is 1. The minimum absolute atomic E-state index is 0.00244. The first-order valence-electron chi connectivity index (χ1n) is 14.4. The van der Waals surface area contributed by atoms with Crippen LogP contribution in [0.4, 0.5) is 17.6 Å². The number of hydrogen-bond donors (Lipinski definition) is 0. The Morgan fingerprint density at radius 2 is 1.83 bits per heavy atom. The molecule has 41 heavy (non-hydrogen) atoms. The highest BCUT2D eigenvalue weighted by molar-refractivity contribution is 5.89. The molecule has 1 aromatic carbocycles. The van der Waals surface area contributed by atoms with Crippen LogP contribution in [0.25, 0.3) is 0 Å². The lowest BCUT2D eigenvalue weighted by molar-refractivity contribution is -0.146. The number of methoxy groups -OCH3 is 1. The van der Waals surface area contributed by atoms with Crippen LogP contribution in [0, 0.1) is 17.2 Å². The van der Waals surface area contributed by atoms with Gasteiger partial charge in [0, 0.05) is 37.4 Å². The lowest BCUT2D eigenvalue weighted by atomic mass is 9.73. The van der Waals surface area contributed by atoms with Crippen molar-refractivity contribution in [2.75, 3.05) is 26.7 Å². The third-order valence-corrected chi connectivity index (χ3v) is 9.61. The molecule has 1 aliphatic carbocycles. The molecular weight excluding hydrogens is 538 g/mol. The van der Waals surface area contributed by atoms with Gasteiger partial charge in [-0.2, -0.15) is 13.2 Å². The SMILES string of the molecule is COC(=O)c1ccc(F)c(C2CCN([C@@H]3CC[C@@](C(=O)N4CCc5ncc(C(F)(F)F)cc5C4)(C(C)C)C3)CC2)c1. The van der Waals surface area contributed by atoms with Crippen molar-refractivity contribution in [3.63, 3.8) is 0 Å². The van der Waals surface area contributed by atoms with Gasteiger partial charge in [-0.1, -0.05) is 13.8 Å². The monoisotopic (exact) mass is 575 g/mol. The highest BCUT2D eigenvalue weighted by atomic mass is 19.4. The van der Waals surface area contributed by atoms with E-state index < -0.39 is 23.1 Å². The number of pyridine rings is 1. The van der Waals surface area contributed by atoms with Crippen LogP contribution in [0.5, 0.6) is 0 Å². The fourth-order valence-electron chi connectivity index (χ4n) is 7.07. The second-order valence-electron chi connectivity index (χ2n) is 12.0. The highest BCUT2D eigenvalue weighted by Crippen LogP contribution is 2.49. The number of carbonyl (C=O) groups is 2. The fourth-order valence-corrected chi connectivity index (χ4v) is 7.07. The summed E-state index contributed by atoms with van der Waals surface area (Å²) in [6, 6.07) is 5.71. The van der Waals surface area contributed by atoms with Gasteiger partial charge in [0.15, 0.2) is 0 Å². The first kappa shape index (κ1) is 29.5. The van der Waals surface area contributed by atoms with Crippen LogP contribution >= 0.6 is 0 Å². The minimum atomic E-state index is -4.48. The minimum Gasteiger partial charge on any atom is -0.465 e. The number of hydrogen-bond acceptors (Lipinski definition) is 5. The van der Waals surface area contributed by atoms with Crippen molar-refractivity contribution in [3.05, 3.63) is 64.2 Å². The highest BCUT2D eigenvalue weighted by Gasteiger charge is 2.51. The predicted molar refractivity (Wildman–Crippen MR) is 145 cm³/mol. The maximum atomic E-state index is 14.7. The van der Waals surface area contributed by atoms with Gasteiger partial charge in [0.1, 0.15) is 5.82 Å². The number of amides is 1. The van der Waals surface area contributed by atoms with E-state index in [0.717, 1.165) is 51.0 Å². The van der Waals surface area contributed by atoms with Crippen molar-refractivity contribution < 1.29 is 31.9 Å². The lowest BCUT2D eigenvalue weighted by Crippen LogP contribution is -2.49. The number of rotatable bonds is 5. The van der Waals surface area contributed by atoms with E-state index in [2.05, 4.69) is 23.7 Å². The van der Waals surface area contributed by atoms with Crippen LogP contribution in [0.3, 0.4) is 0 Å². The normalized spacial score (nSPS) is 24.0. The molecule has 10 heteroatoms. The molecular formula is C31H37F4N3O3. The van der Waals surface area contributed by atoms with E-state index in [4.69, 9.17) is 4.74 Å². The average Bonchev–Trinajstić information content (AvgIpc) is 3.43. The van der Waals surface area contributed by atoms with Crippen molar-refractivity contribution >= 4 is 11.9 Å². The summed E-state index contributed by atoms with van der Waals surface area (Å²) >= 11 is 0. The number of halogens is 4. The van der Waals surface area contributed by atoms with E-state index in [1.807, 2.05) is 0 Å². The zero-order valence-electron chi connectivity index (χ0n) is 23.8. The van der Waals surface area contributed by atoms with Crippen molar-refractivity contribution in [1.82, 2.24) is 14.8 Å². The summed E-state index contributed by atoms with van der Waals surface area (Å²) in [6.07, 6.45) is 0.633. The van der Waals surface area contributed by atoms with Crippen LogP contribution in [0.1, 0.15) is 84.6 Å². The standard InChI is InChI=1S/C31H37F4N3O3/c1-19(2)30(29(40)38-13-9-27-22(18-38)14-23(17-36-27)31(33,34)35)10-6-24(16-30)37-11-7-20(8-12-37)25-15-21(28(39)41-3)4-5-26(25)32/h4-5,14-15,17,19-20,24H,6-13,16,18H2,1-3H3/t24-,30+/m1/s1. The number of carbonyl (C=O) groups excluding carboxylic acids is 2. The Morgan fingerprint density at radius 3 is 2.49 bits per heavy atom.